The van der Waals surface area contributed by atoms with Gasteiger partial charge in [0.2, 0.25) is 0 Å². The van der Waals surface area contributed by atoms with Gasteiger partial charge in [0.05, 0.1) is 0 Å². The predicted molar refractivity (Wildman–Crippen MR) is 51.9 cm³/mol. The van der Waals surface area contributed by atoms with Gasteiger partial charge in [-0.1, -0.05) is 13.8 Å². The molecule has 1 aliphatic heterocycles. The summed E-state index contributed by atoms with van der Waals surface area (Å²) >= 11 is 0. The number of halogens is 3. The van der Waals surface area contributed by atoms with Gasteiger partial charge in [0.25, 0.3) is 0 Å². The molecule has 0 aromatic rings. The maximum absolute atomic E-state index is 12.4. The van der Waals surface area contributed by atoms with E-state index in [0.717, 1.165) is 0 Å². The van der Waals surface area contributed by atoms with E-state index in [0.29, 0.717) is 24.9 Å². The van der Waals surface area contributed by atoms with Crippen LogP contribution in [-0.4, -0.2) is 41.8 Å². The summed E-state index contributed by atoms with van der Waals surface area (Å²) in [6, 6.07) is 0. The van der Waals surface area contributed by atoms with Gasteiger partial charge < -0.3 is 10.0 Å². The van der Waals surface area contributed by atoms with Crippen molar-refractivity contribution < 1.29 is 23.1 Å². The molecule has 0 aromatic heterocycles. The summed E-state index contributed by atoms with van der Waals surface area (Å²) in [5.41, 5.74) is 0. The summed E-state index contributed by atoms with van der Waals surface area (Å²) in [5.74, 6) is -3.42. The third-order valence-corrected chi connectivity index (χ3v) is 3.20. The maximum atomic E-state index is 12.4. The minimum Gasteiger partial charge on any atom is -0.481 e. The molecule has 3 atom stereocenters. The molecule has 6 heteroatoms. The van der Waals surface area contributed by atoms with E-state index >= 15 is 0 Å². The number of carboxylic acid groups (broad SMARTS) is 1. The highest BCUT2D eigenvalue weighted by Crippen LogP contribution is 2.30. The molecule has 1 heterocycles. The van der Waals surface area contributed by atoms with E-state index in [2.05, 4.69) is 0 Å². The summed E-state index contributed by atoms with van der Waals surface area (Å²) < 4.78 is 37.2. The summed E-state index contributed by atoms with van der Waals surface area (Å²) in [6.45, 7) is 4.58. The lowest BCUT2D eigenvalue weighted by atomic mass is 10.0. The first-order valence-electron chi connectivity index (χ1n) is 5.23. The zero-order valence-corrected chi connectivity index (χ0v) is 9.29. The number of nitrogens with zero attached hydrogens (tertiary/aromatic N) is 1. The highest BCUT2D eigenvalue weighted by molar-refractivity contribution is 5.71. The third kappa shape index (κ3) is 3.10. The topological polar surface area (TPSA) is 40.5 Å². The first-order chi connectivity index (χ1) is 7.21. The zero-order chi connectivity index (χ0) is 12.5. The lowest BCUT2D eigenvalue weighted by molar-refractivity contribution is -0.196. The summed E-state index contributed by atoms with van der Waals surface area (Å²) in [4.78, 5) is 12.1. The molecule has 1 fully saturated rings. The van der Waals surface area contributed by atoms with E-state index in [1.807, 2.05) is 13.8 Å². The van der Waals surface area contributed by atoms with Gasteiger partial charge in [-0.25, -0.2) is 0 Å². The number of rotatable bonds is 3. The Morgan fingerprint density at radius 3 is 2.12 bits per heavy atom. The highest BCUT2D eigenvalue weighted by Gasteiger charge is 2.46. The number of hydrogen-bond acceptors (Lipinski definition) is 2. The molecule has 94 valence electrons. The van der Waals surface area contributed by atoms with Crippen LogP contribution >= 0.6 is 0 Å². The first-order valence-corrected chi connectivity index (χ1v) is 5.23. The van der Waals surface area contributed by atoms with Gasteiger partial charge in [0, 0.05) is 19.6 Å². The van der Waals surface area contributed by atoms with E-state index in [-0.39, 0.29) is 0 Å². The van der Waals surface area contributed by atoms with Crippen molar-refractivity contribution in [1.29, 1.82) is 0 Å². The van der Waals surface area contributed by atoms with Crippen LogP contribution in [0.1, 0.15) is 13.8 Å². The second-order valence-electron chi connectivity index (χ2n) is 4.61. The van der Waals surface area contributed by atoms with E-state index < -0.39 is 24.6 Å². The number of likely N-dealkylation sites (tertiary alicyclic amines) is 1. The van der Waals surface area contributed by atoms with Gasteiger partial charge in [0.1, 0.15) is 0 Å². The lowest BCUT2D eigenvalue weighted by Crippen LogP contribution is -2.40. The van der Waals surface area contributed by atoms with Crippen molar-refractivity contribution in [1.82, 2.24) is 4.90 Å². The smallest absolute Gasteiger partial charge is 0.403 e. The lowest BCUT2D eigenvalue weighted by Gasteiger charge is -2.22. The Labute approximate surface area is 92.2 Å². The fraction of sp³-hybridized carbons (Fsp3) is 0.900. The average Bonchev–Trinajstić information content (AvgIpc) is 2.40. The largest absolute Gasteiger partial charge is 0.481 e. The molecule has 1 N–H and O–H groups in total. The maximum Gasteiger partial charge on any atom is 0.403 e. The second kappa shape index (κ2) is 4.61. The summed E-state index contributed by atoms with van der Waals surface area (Å²) in [5, 5.41) is 8.55. The molecule has 0 aliphatic carbocycles. The van der Waals surface area contributed by atoms with Crippen molar-refractivity contribution in [3.8, 4) is 0 Å². The molecule has 0 bridgehead atoms. The Morgan fingerprint density at radius 1 is 1.38 bits per heavy atom. The second-order valence-corrected chi connectivity index (χ2v) is 4.61. The van der Waals surface area contributed by atoms with Gasteiger partial charge in [-0.2, -0.15) is 13.2 Å². The molecule has 1 aliphatic rings. The van der Waals surface area contributed by atoms with Gasteiger partial charge >= 0.3 is 12.1 Å². The molecule has 0 amide bonds. The fourth-order valence-corrected chi connectivity index (χ4v) is 1.98. The molecule has 0 aromatic carbocycles. The average molecular weight is 239 g/mol. The Balaban J connectivity index is 2.61. The van der Waals surface area contributed by atoms with Crippen LogP contribution in [0, 0.1) is 17.8 Å². The molecule has 1 rings (SSSR count). The molecular weight excluding hydrogens is 223 g/mol. The minimum absolute atomic E-state index is 0.322. The van der Waals surface area contributed by atoms with Crippen LogP contribution in [0.15, 0.2) is 0 Å². The number of aliphatic carboxylic acids is 1. The molecule has 3 unspecified atom stereocenters. The number of carboxylic acids is 1. The van der Waals surface area contributed by atoms with Crippen molar-refractivity contribution in [2.75, 3.05) is 19.6 Å². The fourth-order valence-electron chi connectivity index (χ4n) is 1.98. The zero-order valence-electron chi connectivity index (χ0n) is 9.29. The van der Waals surface area contributed by atoms with Crippen molar-refractivity contribution in [2.45, 2.75) is 20.0 Å². The van der Waals surface area contributed by atoms with E-state index in [1.165, 1.54) is 0 Å². The van der Waals surface area contributed by atoms with E-state index in [9.17, 15) is 18.0 Å². The van der Waals surface area contributed by atoms with Crippen LogP contribution in [0.4, 0.5) is 13.2 Å². The Hall–Kier alpha value is -0.780. The Kier molecular flexibility index (Phi) is 3.83. The molecule has 0 spiro atoms. The SMILES string of the molecule is CC1CN(CC(C(=O)O)C(F)(F)F)CC1C. The third-order valence-electron chi connectivity index (χ3n) is 3.20. The number of hydrogen-bond donors (Lipinski definition) is 1. The van der Waals surface area contributed by atoms with Crippen LogP contribution in [0.25, 0.3) is 0 Å². The predicted octanol–water partition coefficient (Wildman–Crippen LogP) is 1.84. The molecular formula is C10H16F3NO2. The van der Waals surface area contributed by atoms with Crippen LogP contribution < -0.4 is 0 Å². The minimum atomic E-state index is -4.67. The van der Waals surface area contributed by atoms with Crippen molar-refractivity contribution in [3.05, 3.63) is 0 Å². The van der Waals surface area contributed by atoms with Crippen LogP contribution in [-0.2, 0) is 4.79 Å². The number of alkyl halides is 3. The highest BCUT2D eigenvalue weighted by atomic mass is 19.4. The molecule has 1 saturated heterocycles. The van der Waals surface area contributed by atoms with Crippen LogP contribution in [0.3, 0.4) is 0 Å². The van der Waals surface area contributed by atoms with Gasteiger partial charge in [-0.05, 0) is 11.8 Å². The Morgan fingerprint density at radius 2 is 1.81 bits per heavy atom. The molecule has 3 nitrogen and oxygen atoms in total. The number of carbonyl (C=O) groups is 1. The van der Waals surface area contributed by atoms with Crippen molar-refractivity contribution in [3.63, 3.8) is 0 Å². The summed E-state index contributed by atoms with van der Waals surface area (Å²) in [7, 11) is 0. The van der Waals surface area contributed by atoms with Crippen LogP contribution in [0.2, 0.25) is 0 Å². The van der Waals surface area contributed by atoms with Crippen molar-refractivity contribution >= 4 is 5.97 Å². The summed E-state index contributed by atoms with van der Waals surface area (Å²) in [6.07, 6.45) is -4.67. The van der Waals surface area contributed by atoms with E-state index in [4.69, 9.17) is 5.11 Å². The van der Waals surface area contributed by atoms with Crippen molar-refractivity contribution in [2.24, 2.45) is 17.8 Å². The van der Waals surface area contributed by atoms with Gasteiger partial charge in [0.15, 0.2) is 5.92 Å². The molecule has 0 saturated carbocycles. The van der Waals surface area contributed by atoms with Crippen LogP contribution in [0.5, 0.6) is 0 Å². The quantitative estimate of drug-likeness (QED) is 0.817. The normalized spacial score (nSPS) is 29.3. The Bertz CT molecular complexity index is 257. The standard InChI is InChI=1S/C10H16F3NO2/c1-6-3-14(4-7(6)2)5-8(9(15)16)10(11,12)13/h6-8H,3-5H2,1-2H3,(H,15,16). The monoisotopic (exact) mass is 239 g/mol. The molecule has 0 radical (unpaired) electrons. The van der Waals surface area contributed by atoms with Gasteiger partial charge in [-0.15, -0.1) is 0 Å². The van der Waals surface area contributed by atoms with Gasteiger partial charge in [-0.3, -0.25) is 4.79 Å². The van der Waals surface area contributed by atoms with E-state index in [1.54, 1.807) is 4.90 Å². The molecule has 16 heavy (non-hydrogen) atoms. The first kappa shape index (κ1) is 13.3.